The summed E-state index contributed by atoms with van der Waals surface area (Å²) < 4.78 is 11.2. The molecule has 1 fully saturated rings. The van der Waals surface area contributed by atoms with Crippen LogP contribution in [0.3, 0.4) is 0 Å². The molecule has 1 aromatic carbocycles. The number of benzene rings is 1. The van der Waals surface area contributed by atoms with Crippen LogP contribution in [-0.4, -0.2) is 37.0 Å². The monoisotopic (exact) mass is 368 g/mol. The van der Waals surface area contributed by atoms with Crippen LogP contribution in [0, 0.1) is 11.8 Å². The number of carbonyl (C=O) groups excluding carboxylic acids is 1. The molecule has 1 saturated heterocycles. The van der Waals surface area contributed by atoms with Crippen molar-refractivity contribution in [3.8, 4) is 5.75 Å². The number of hydrogen-bond donors (Lipinski definition) is 1. The van der Waals surface area contributed by atoms with Gasteiger partial charge in [0.25, 0.3) is 0 Å². The van der Waals surface area contributed by atoms with E-state index in [1.165, 1.54) is 5.56 Å². The predicted octanol–water partition coefficient (Wildman–Crippen LogP) is 3.25. The molecule has 0 bridgehead atoms. The highest BCUT2D eigenvalue weighted by Gasteiger charge is 2.27. The van der Waals surface area contributed by atoms with E-state index in [9.17, 15) is 4.79 Å². The average molecular weight is 368 g/mol. The van der Waals surface area contributed by atoms with Crippen molar-refractivity contribution < 1.29 is 13.9 Å². The third-order valence-electron chi connectivity index (χ3n) is 5.76. The van der Waals surface area contributed by atoms with Crippen LogP contribution in [0.25, 0.3) is 0 Å². The molecule has 3 heterocycles. The van der Waals surface area contributed by atoms with Crippen LogP contribution in [0.2, 0.25) is 0 Å². The molecule has 0 unspecified atom stereocenters. The fraction of sp³-hybridized carbons (Fsp3) is 0.500. The first kappa shape index (κ1) is 18.1. The maximum Gasteiger partial charge on any atom is 0.223 e. The van der Waals surface area contributed by atoms with Gasteiger partial charge < -0.3 is 19.4 Å². The number of carbonyl (C=O) groups is 1. The van der Waals surface area contributed by atoms with Crippen LogP contribution in [0.4, 0.5) is 0 Å². The minimum Gasteiger partial charge on any atom is -0.493 e. The average Bonchev–Trinajstić information content (AvgIpc) is 3.13. The van der Waals surface area contributed by atoms with Crippen LogP contribution >= 0.6 is 0 Å². The molecule has 5 heteroatoms. The van der Waals surface area contributed by atoms with Crippen molar-refractivity contribution in [2.45, 2.75) is 32.2 Å². The molecule has 1 N–H and O–H groups in total. The summed E-state index contributed by atoms with van der Waals surface area (Å²) in [5.41, 5.74) is 1.33. The molecular formula is C22H28N2O3. The second-order valence-electron chi connectivity index (χ2n) is 7.69. The number of piperidine rings is 1. The fourth-order valence-corrected chi connectivity index (χ4v) is 4.19. The number of rotatable bonds is 5. The number of furan rings is 1. The van der Waals surface area contributed by atoms with Crippen LogP contribution in [0.15, 0.2) is 47.1 Å². The van der Waals surface area contributed by atoms with E-state index in [1.807, 2.05) is 18.2 Å². The van der Waals surface area contributed by atoms with E-state index in [0.717, 1.165) is 63.4 Å². The SMILES string of the molecule is O=C(NCc1ccco1)C1CCN(C[C@H]2CCOc3ccccc3C2)CC1. The van der Waals surface area contributed by atoms with Crippen molar-refractivity contribution in [3.63, 3.8) is 0 Å². The van der Waals surface area contributed by atoms with Gasteiger partial charge >= 0.3 is 0 Å². The van der Waals surface area contributed by atoms with E-state index in [4.69, 9.17) is 9.15 Å². The van der Waals surface area contributed by atoms with Crippen LogP contribution in [-0.2, 0) is 17.8 Å². The Labute approximate surface area is 160 Å². The third-order valence-corrected chi connectivity index (χ3v) is 5.76. The molecule has 2 aromatic rings. The summed E-state index contributed by atoms with van der Waals surface area (Å²) in [5.74, 6) is 2.75. The van der Waals surface area contributed by atoms with Gasteiger partial charge in [0.2, 0.25) is 5.91 Å². The summed E-state index contributed by atoms with van der Waals surface area (Å²) in [6.07, 6.45) is 5.68. The highest BCUT2D eigenvalue weighted by Crippen LogP contribution is 2.28. The molecule has 144 valence electrons. The van der Waals surface area contributed by atoms with E-state index >= 15 is 0 Å². The lowest BCUT2D eigenvalue weighted by Crippen LogP contribution is -2.42. The van der Waals surface area contributed by atoms with Gasteiger partial charge in [-0.3, -0.25) is 4.79 Å². The number of fused-ring (bicyclic) bond motifs is 1. The first-order valence-corrected chi connectivity index (χ1v) is 10.0. The summed E-state index contributed by atoms with van der Waals surface area (Å²) in [6.45, 7) is 4.37. The zero-order valence-corrected chi connectivity index (χ0v) is 15.7. The normalized spacial score (nSPS) is 21.1. The number of nitrogens with zero attached hydrogens (tertiary/aromatic N) is 1. The highest BCUT2D eigenvalue weighted by molar-refractivity contribution is 5.78. The smallest absolute Gasteiger partial charge is 0.223 e. The van der Waals surface area contributed by atoms with E-state index in [-0.39, 0.29) is 11.8 Å². The zero-order valence-electron chi connectivity index (χ0n) is 15.7. The second kappa shape index (κ2) is 8.61. The lowest BCUT2D eigenvalue weighted by Gasteiger charge is -2.33. The van der Waals surface area contributed by atoms with Crippen LogP contribution in [0.5, 0.6) is 5.75 Å². The minimum absolute atomic E-state index is 0.120. The molecule has 1 atom stereocenters. The summed E-state index contributed by atoms with van der Waals surface area (Å²) in [7, 11) is 0. The molecule has 27 heavy (non-hydrogen) atoms. The minimum atomic E-state index is 0.120. The van der Waals surface area contributed by atoms with Crippen molar-refractivity contribution in [1.29, 1.82) is 0 Å². The maximum absolute atomic E-state index is 12.4. The van der Waals surface area contributed by atoms with Gasteiger partial charge in [-0.1, -0.05) is 18.2 Å². The van der Waals surface area contributed by atoms with Gasteiger partial charge in [0, 0.05) is 12.5 Å². The number of amides is 1. The Morgan fingerprint density at radius 2 is 1.96 bits per heavy atom. The van der Waals surface area contributed by atoms with E-state index < -0.39 is 0 Å². The molecule has 1 aromatic heterocycles. The van der Waals surface area contributed by atoms with E-state index in [1.54, 1.807) is 6.26 Å². The first-order valence-electron chi connectivity index (χ1n) is 10.0. The van der Waals surface area contributed by atoms with Crippen molar-refractivity contribution >= 4 is 5.91 Å². The molecule has 0 aliphatic carbocycles. The molecule has 4 rings (SSSR count). The second-order valence-corrected chi connectivity index (χ2v) is 7.69. The predicted molar refractivity (Wildman–Crippen MR) is 103 cm³/mol. The van der Waals surface area contributed by atoms with Crippen molar-refractivity contribution in [1.82, 2.24) is 10.2 Å². The summed E-state index contributed by atoms with van der Waals surface area (Å²) in [4.78, 5) is 14.9. The van der Waals surface area contributed by atoms with E-state index in [0.29, 0.717) is 12.5 Å². The third kappa shape index (κ3) is 4.72. The summed E-state index contributed by atoms with van der Waals surface area (Å²) >= 11 is 0. The number of nitrogens with one attached hydrogen (secondary N) is 1. The Morgan fingerprint density at radius 3 is 2.78 bits per heavy atom. The van der Waals surface area contributed by atoms with Gasteiger partial charge in [-0.05, 0) is 68.5 Å². The van der Waals surface area contributed by atoms with Crippen molar-refractivity contribution in [2.75, 3.05) is 26.2 Å². The summed E-state index contributed by atoms with van der Waals surface area (Å²) in [5, 5.41) is 3.00. The number of hydrogen-bond acceptors (Lipinski definition) is 4. The van der Waals surface area contributed by atoms with Crippen LogP contribution < -0.4 is 10.1 Å². The topological polar surface area (TPSA) is 54.7 Å². The molecule has 0 saturated carbocycles. The molecule has 2 aliphatic heterocycles. The van der Waals surface area contributed by atoms with E-state index in [2.05, 4.69) is 28.4 Å². The largest absolute Gasteiger partial charge is 0.493 e. The molecule has 0 radical (unpaired) electrons. The quantitative estimate of drug-likeness (QED) is 0.880. The Hall–Kier alpha value is -2.27. The fourth-order valence-electron chi connectivity index (χ4n) is 4.19. The standard InChI is InChI=1S/C22H28N2O3/c25-22(23-15-20-5-3-12-26-20)18-7-10-24(11-8-18)16-17-9-13-27-21-6-2-1-4-19(21)14-17/h1-6,12,17-18H,7-11,13-16H2,(H,23,25)/t17-/m0/s1. The Balaban J connectivity index is 1.23. The molecule has 5 nitrogen and oxygen atoms in total. The van der Waals surface area contributed by atoms with Crippen LogP contribution in [0.1, 0.15) is 30.6 Å². The lowest BCUT2D eigenvalue weighted by atomic mass is 9.92. The Kier molecular flexibility index (Phi) is 5.78. The number of para-hydroxylation sites is 1. The zero-order chi connectivity index (χ0) is 18.5. The summed E-state index contributed by atoms with van der Waals surface area (Å²) in [6, 6.07) is 12.1. The van der Waals surface area contributed by atoms with Gasteiger partial charge in [0.1, 0.15) is 11.5 Å². The Morgan fingerprint density at radius 1 is 1.11 bits per heavy atom. The van der Waals surface area contributed by atoms with Crippen molar-refractivity contribution in [3.05, 3.63) is 54.0 Å². The van der Waals surface area contributed by atoms with Gasteiger partial charge in [0.15, 0.2) is 0 Å². The Bertz CT molecular complexity index is 736. The molecule has 1 amide bonds. The van der Waals surface area contributed by atoms with Crippen molar-refractivity contribution in [2.24, 2.45) is 11.8 Å². The highest BCUT2D eigenvalue weighted by atomic mass is 16.5. The number of likely N-dealkylation sites (tertiary alicyclic amines) is 1. The van der Waals surface area contributed by atoms with Gasteiger partial charge in [-0.15, -0.1) is 0 Å². The first-order chi connectivity index (χ1) is 13.3. The number of ether oxygens (including phenoxy) is 1. The molecular weight excluding hydrogens is 340 g/mol. The molecule has 2 aliphatic rings. The maximum atomic E-state index is 12.4. The molecule has 0 spiro atoms. The van der Waals surface area contributed by atoms with Gasteiger partial charge in [-0.2, -0.15) is 0 Å². The van der Waals surface area contributed by atoms with Gasteiger partial charge in [-0.25, -0.2) is 0 Å². The van der Waals surface area contributed by atoms with Gasteiger partial charge in [0.05, 0.1) is 19.4 Å². The lowest BCUT2D eigenvalue weighted by molar-refractivity contribution is -0.126.